The zero-order valence-electron chi connectivity index (χ0n) is 12.1. The smallest absolute Gasteiger partial charge is 0.248 e. The summed E-state index contributed by atoms with van der Waals surface area (Å²) in [6.07, 6.45) is 7.61. The van der Waals surface area contributed by atoms with E-state index in [1.165, 1.54) is 45.2 Å². The van der Waals surface area contributed by atoms with Gasteiger partial charge in [-0.15, -0.1) is 0 Å². The van der Waals surface area contributed by atoms with Crippen LogP contribution in [0, 0.1) is 5.92 Å². The largest absolute Gasteiger partial charge is 0.366 e. The van der Waals surface area contributed by atoms with Gasteiger partial charge < -0.3 is 10.6 Å². The highest BCUT2D eigenvalue weighted by Crippen LogP contribution is 2.33. The normalized spacial score (nSPS) is 27.0. The Labute approximate surface area is 121 Å². The number of carbonyl (C=O) groups excluding carboxylic acids is 1. The molecular weight excluding hydrogens is 248 g/mol. The van der Waals surface area contributed by atoms with E-state index in [2.05, 4.69) is 11.0 Å². The minimum Gasteiger partial charge on any atom is -0.366 e. The maximum atomic E-state index is 11.6. The van der Waals surface area contributed by atoms with E-state index in [-0.39, 0.29) is 5.91 Å². The van der Waals surface area contributed by atoms with Crippen molar-refractivity contribution in [1.82, 2.24) is 4.90 Å². The van der Waals surface area contributed by atoms with Crippen LogP contribution >= 0.6 is 0 Å². The number of piperidine rings is 2. The molecule has 0 spiro atoms. The molecule has 1 aromatic rings. The van der Waals surface area contributed by atoms with Crippen LogP contribution in [-0.4, -0.2) is 29.9 Å². The number of fused-ring (bicyclic) bond motifs is 1. The molecule has 0 unspecified atom stereocenters. The van der Waals surface area contributed by atoms with Gasteiger partial charge in [-0.1, -0.05) is 24.6 Å². The van der Waals surface area contributed by atoms with Crippen molar-refractivity contribution in [3.63, 3.8) is 0 Å². The van der Waals surface area contributed by atoms with E-state index >= 15 is 0 Å². The molecule has 0 bridgehead atoms. The number of benzene rings is 1. The number of nitrogens with zero attached hydrogens (tertiary/aromatic N) is 1. The molecule has 1 amide bonds. The number of carbonyl (C=O) groups is 1. The summed E-state index contributed by atoms with van der Waals surface area (Å²) in [7, 11) is 0. The van der Waals surface area contributed by atoms with Gasteiger partial charge in [0.05, 0.1) is 0 Å². The van der Waals surface area contributed by atoms with Crippen LogP contribution in [-0.2, 0) is 6.42 Å². The lowest BCUT2D eigenvalue weighted by Gasteiger charge is -2.44. The molecule has 108 valence electrons. The molecule has 2 aliphatic heterocycles. The van der Waals surface area contributed by atoms with Crippen LogP contribution in [0.15, 0.2) is 24.3 Å². The van der Waals surface area contributed by atoms with E-state index in [1.54, 1.807) is 0 Å². The molecule has 3 nitrogen and oxygen atoms in total. The van der Waals surface area contributed by atoms with Crippen molar-refractivity contribution in [2.45, 2.75) is 44.6 Å². The van der Waals surface area contributed by atoms with Gasteiger partial charge in [0.25, 0.3) is 0 Å². The van der Waals surface area contributed by atoms with Gasteiger partial charge in [-0.05, 0) is 62.7 Å². The number of nitrogens with two attached hydrogens (primary N) is 1. The summed E-state index contributed by atoms with van der Waals surface area (Å²) in [5.41, 5.74) is 7.35. The topological polar surface area (TPSA) is 46.3 Å². The van der Waals surface area contributed by atoms with E-state index < -0.39 is 0 Å². The molecule has 0 radical (unpaired) electrons. The fraction of sp³-hybridized carbons (Fsp3) is 0.588. The van der Waals surface area contributed by atoms with Crippen molar-refractivity contribution >= 4 is 5.91 Å². The van der Waals surface area contributed by atoms with Crippen LogP contribution in [0.2, 0.25) is 0 Å². The van der Waals surface area contributed by atoms with Gasteiger partial charge >= 0.3 is 0 Å². The number of hydrogen-bond acceptors (Lipinski definition) is 2. The maximum absolute atomic E-state index is 11.6. The van der Waals surface area contributed by atoms with Crippen molar-refractivity contribution in [1.29, 1.82) is 0 Å². The fourth-order valence-corrected chi connectivity index (χ4v) is 4.04. The third kappa shape index (κ3) is 2.73. The standard InChI is InChI=1S/C17H24N2O/c18-17(20)15-8-2-1-6-13(15)12-14-7-5-11-19-10-4-3-9-16(14)19/h1-2,6,8,14,16H,3-5,7,9-12H2,(H2,18,20)/t14-,16+/m0/s1. The monoisotopic (exact) mass is 272 g/mol. The number of primary amides is 1. The zero-order chi connectivity index (χ0) is 13.9. The molecular formula is C17H24N2O. The summed E-state index contributed by atoms with van der Waals surface area (Å²) in [4.78, 5) is 14.2. The van der Waals surface area contributed by atoms with Gasteiger partial charge in [0.1, 0.15) is 0 Å². The Kier molecular flexibility index (Phi) is 4.06. The van der Waals surface area contributed by atoms with E-state index in [0.717, 1.165) is 18.0 Å². The Balaban J connectivity index is 1.78. The molecule has 2 N–H and O–H groups in total. The molecule has 2 aliphatic rings. The molecule has 3 heteroatoms. The first-order valence-electron chi connectivity index (χ1n) is 7.87. The highest BCUT2D eigenvalue weighted by Gasteiger charge is 2.33. The summed E-state index contributed by atoms with van der Waals surface area (Å²) in [5.74, 6) is 0.390. The molecule has 2 heterocycles. The molecule has 0 saturated carbocycles. The summed E-state index contributed by atoms with van der Waals surface area (Å²) < 4.78 is 0. The quantitative estimate of drug-likeness (QED) is 0.919. The first-order chi connectivity index (χ1) is 9.75. The van der Waals surface area contributed by atoms with Crippen LogP contribution in [0.4, 0.5) is 0 Å². The lowest BCUT2D eigenvalue weighted by molar-refractivity contribution is 0.0595. The summed E-state index contributed by atoms with van der Waals surface area (Å²) in [5, 5.41) is 0. The van der Waals surface area contributed by atoms with Crippen LogP contribution in [0.25, 0.3) is 0 Å². The van der Waals surface area contributed by atoms with Crippen LogP contribution in [0.5, 0.6) is 0 Å². The first kappa shape index (κ1) is 13.6. The van der Waals surface area contributed by atoms with Crippen molar-refractivity contribution in [3.8, 4) is 0 Å². The number of rotatable bonds is 3. The predicted molar refractivity (Wildman–Crippen MR) is 80.6 cm³/mol. The number of amides is 1. The summed E-state index contributed by atoms with van der Waals surface area (Å²) >= 11 is 0. The second-order valence-corrected chi connectivity index (χ2v) is 6.23. The summed E-state index contributed by atoms with van der Waals surface area (Å²) in [6, 6.07) is 8.57. The van der Waals surface area contributed by atoms with Gasteiger partial charge in [0.2, 0.25) is 5.91 Å². The Morgan fingerprint density at radius 3 is 2.80 bits per heavy atom. The van der Waals surface area contributed by atoms with Gasteiger partial charge in [-0.3, -0.25) is 4.79 Å². The highest BCUT2D eigenvalue weighted by atomic mass is 16.1. The van der Waals surface area contributed by atoms with Crippen molar-refractivity contribution < 1.29 is 4.79 Å². The van der Waals surface area contributed by atoms with E-state index in [4.69, 9.17) is 5.73 Å². The van der Waals surface area contributed by atoms with Crippen LogP contribution in [0.3, 0.4) is 0 Å². The Morgan fingerprint density at radius 2 is 1.95 bits per heavy atom. The molecule has 1 aromatic carbocycles. The Hall–Kier alpha value is -1.35. The number of hydrogen-bond donors (Lipinski definition) is 1. The van der Waals surface area contributed by atoms with Gasteiger partial charge in [-0.25, -0.2) is 0 Å². The third-order valence-electron chi connectivity index (χ3n) is 4.99. The maximum Gasteiger partial charge on any atom is 0.248 e. The lowest BCUT2D eigenvalue weighted by atomic mass is 9.79. The van der Waals surface area contributed by atoms with Crippen LogP contribution in [0.1, 0.15) is 48.0 Å². The minimum absolute atomic E-state index is 0.295. The van der Waals surface area contributed by atoms with Gasteiger partial charge in [0.15, 0.2) is 0 Å². The van der Waals surface area contributed by atoms with Gasteiger partial charge in [-0.2, -0.15) is 0 Å². The predicted octanol–water partition coefficient (Wildman–Crippen LogP) is 2.59. The average Bonchev–Trinajstić information content (AvgIpc) is 2.48. The van der Waals surface area contributed by atoms with E-state index in [1.807, 2.05) is 18.2 Å². The minimum atomic E-state index is -0.295. The zero-order valence-corrected chi connectivity index (χ0v) is 12.1. The Bertz CT molecular complexity index is 484. The average molecular weight is 272 g/mol. The molecule has 0 aromatic heterocycles. The second-order valence-electron chi connectivity index (χ2n) is 6.23. The third-order valence-corrected chi connectivity index (χ3v) is 4.99. The molecule has 20 heavy (non-hydrogen) atoms. The molecule has 2 saturated heterocycles. The van der Waals surface area contributed by atoms with E-state index in [9.17, 15) is 4.79 Å². The van der Waals surface area contributed by atoms with Crippen molar-refractivity contribution in [2.75, 3.05) is 13.1 Å². The molecule has 0 aliphatic carbocycles. The summed E-state index contributed by atoms with van der Waals surface area (Å²) in [6.45, 7) is 2.53. The van der Waals surface area contributed by atoms with Crippen molar-refractivity contribution in [3.05, 3.63) is 35.4 Å². The van der Waals surface area contributed by atoms with E-state index in [0.29, 0.717) is 11.5 Å². The molecule has 2 atom stereocenters. The first-order valence-corrected chi connectivity index (χ1v) is 7.87. The lowest BCUT2D eigenvalue weighted by Crippen LogP contribution is -2.48. The Morgan fingerprint density at radius 1 is 1.15 bits per heavy atom. The second kappa shape index (κ2) is 5.96. The molecule has 2 fully saturated rings. The molecule has 3 rings (SSSR count). The SMILES string of the molecule is NC(=O)c1ccccc1C[C@@H]1CCCN2CCCC[C@H]12. The van der Waals surface area contributed by atoms with Crippen LogP contribution < -0.4 is 5.73 Å². The van der Waals surface area contributed by atoms with Crippen molar-refractivity contribution in [2.24, 2.45) is 11.7 Å². The highest BCUT2D eigenvalue weighted by molar-refractivity contribution is 5.94. The fourth-order valence-electron chi connectivity index (χ4n) is 4.04. The van der Waals surface area contributed by atoms with Gasteiger partial charge in [0, 0.05) is 11.6 Å².